The molecule has 0 bridgehead atoms. The molecule has 0 amide bonds. The van der Waals surface area contributed by atoms with E-state index < -0.39 is 0 Å². The van der Waals surface area contributed by atoms with Gasteiger partial charge in [-0.3, -0.25) is 5.84 Å². The summed E-state index contributed by atoms with van der Waals surface area (Å²) in [7, 11) is 0. The highest BCUT2D eigenvalue weighted by molar-refractivity contribution is 9.12. The molecule has 0 spiro atoms. The number of rotatable bonds is 3. The van der Waals surface area contributed by atoms with E-state index in [4.69, 9.17) is 5.84 Å². The highest BCUT2D eigenvalue weighted by Crippen LogP contribution is 2.37. The van der Waals surface area contributed by atoms with E-state index in [-0.39, 0.29) is 11.9 Å². The molecule has 1 unspecified atom stereocenters. The molecule has 2 nitrogen and oxygen atoms in total. The Labute approximate surface area is 119 Å². The first-order valence-corrected chi connectivity index (χ1v) is 7.18. The smallest absolute Gasteiger partial charge is 0.123 e. The van der Waals surface area contributed by atoms with Gasteiger partial charge in [-0.05, 0) is 55.6 Å². The third-order valence-corrected chi connectivity index (χ3v) is 4.75. The SMILES string of the molecule is NNC(c1ccc(F)cc1)c1cc(Br)sc1Br. The molecule has 0 saturated carbocycles. The van der Waals surface area contributed by atoms with Gasteiger partial charge in [0.05, 0.1) is 13.6 Å². The van der Waals surface area contributed by atoms with Crippen LogP contribution in [0.25, 0.3) is 0 Å². The molecule has 0 aliphatic carbocycles. The van der Waals surface area contributed by atoms with E-state index in [2.05, 4.69) is 37.3 Å². The molecule has 1 aromatic heterocycles. The molecule has 0 aliphatic rings. The maximum Gasteiger partial charge on any atom is 0.123 e. The summed E-state index contributed by atoms with van der Waals surface area (Å²) in [5, 5.41) is 0. The third-order valence-electron chi connectivity index (χ3n) is 2.36. The maximum absolute atomic E-state index is 12.9. The second-order valence-corrected chi connectivity index (χ2v) is 7.18. The summed E-state index contributed by atoms with van der Waals surface area (Å²) in [6, 6.07) is 8.12. The molecule has 1 aromatic carbocycles. The summed E-state index contributed by atoms with van der Waals surface area (Å²) in [6.45, 7) is 0. The van der Waals surface area contributed by atoms with Gasteiger partial charge in [0, 0.05) is 5.56 Å². The highest BCUT2D eigenvalue weighted by atomic mass is 79.9. The fraction of sp³-hybridized carbons (Fsp3) is 0.0909. The fourth-order valence-corrected chi connectivity index (χ4v) is 4.47. The van der Waals surface area contributed by atoms with Gasteiger partial charge in [0.15, 0.2) is 0 Å². The van der Waals surface area contributed by atoms with Crippen LogP contribution in [0.2, 0.25) is 0 Å². The van der Waals surface area contributed by atoms with E-state index in [0.717, 1.165) is 18.7 Å². The molecule has 0 aliphatic heterocycles. The Hall–Kier alpha value is -0.270. The van der Waals surface area contributed by atoms with Crippen LogP contribution in [0.15, 0.2) is 37.9 Å². The molecular formula is C11H9Br2FN2S. The maximum atomic E-state index is 12.9. The van der Waals surface area contributed by atoms with E-state index in [1.54, 1.807) is 23.5 Å². The lowest BCUT2D eigenvalue weighted by molar-refractivity contribution is 0.615. The van der Waals surface area contributed by atoms with Gasteiger partial charge < -0.3 is 0 Å². The first-order chi connectivity index (χ1) is 8.11. The molecule has 3 N–H and O–H groups in total. The molecule has 6 heteroatoms. The molecule has 17 heavy (non-hydrogen) atoms. The van der Waals surface area contributed by atoms with Gasteiger partial charge in [0.2, 0.25) is 0 Å². The van der Waals surface area contributed by atoms with Crippen molar-refractivity contribution in [1.29, 1.82) is 0 Å². The van der Waals surface area contributed by atoms with Crippen LogP contribution in [0.3, 0.4) is 0 Å². The average molecular weight is 380 g/mol. The molecule has 0 fully saturated rings. The van der Waals surface area contributed by atoms with Crippen molar-refractivity contribution in [2.24, 2.45) is 5.84 Å². The largest absolute Gasteiger partial charge is 0.271 e. The monoisotopic (exact) mass is 378 g/mol. The van der Waals surface area contributed by atoms with E-state index >= 15 is 0 Å². The van der Waals surface area contributed by atoms with Gasteiger partial charge in [-0.2, -0.15) is 0 Å². The van der Waals surface area contributed by atoms with Crippen LogP contribution in [0, 0.1) is 5.82 Å². The van der Waals surface area contributed by atoms with E-state index in [1.165, 1.54) is 12.1 Å². The highest BCUT2D eigenvalue weighted by Gasteiger charge is 2.17. The van der Waals surface area contributed by atoms with Gasteiger partial charge >= 0.3 is 0 Å². The number of hydrogen-bond acceptors (Lipinski definition) is 3. The van der Waals surface area contributed by atoms with Gasteiger partial charge in [-0.25, -0.2) is 9.82 Å². The van der Waals surface area contributed by atoms with Crippen LogP contribution in [-0.4, -0.2) is 0 Å². The third kappa shape index (κ3) is 2.95. The van der Waals surface area contributed by atoms with Crippen LogP contribution < -0.4 is 11.3 Å². The number of nitrogens with two attached hydrogens (primary N) is 1. The lowest BCUT2D eigenvalue weighted by Crippen LogP contribution is -2.28. The van der Waals surface area contributed by atoms with Crippen LogP contribution in [0.1, 0.15) is 17.2 Å². The zero-order chi connectivity index (χ0) is 12.4. The van der Waals surface area contributed by atoms with E-state index in [9.17, 15) is 4.39 Å². The van der Waals surface area contributed by atoms with Gasteiger partial charge in [0.25, 0.3) is 0 Å². The van der Waals surface area contributed by atoms with Crippen molar-refractivity contribution in [2.45, 2.75) is 6.04 Å². The van der Waals surface area contributed by atoms with E-state index in [0.29, 0.717) is 0 Å². The molecule has 0 saturated heterocycles. The minimum Gasteiger partial charge on any atom is -0.271 e. The van der Waals surface area contributed by atoms with Gasteiger partial charge in [-0.15, -0.1) is 11.3 Å². The van der Waals surface area contributed by atoms with Gasteiger partial charge in [0.1, 0.15) is 5.82 Å². The molecule has 2 aromatic rings. The Morgan fingerprint density at radius 1 is 1.24 bits per heavy atom. The Morgan fingerprint density at radius 2 is 1.88 bits per heavy atom. The van der Waals surface area contributed by atoms with Crippen molar-refractivity contribution in [3.05, 3.63) is 54.8 Å². The standard InChI is InChI=1S/C11H9Br2FN2S/c12-9-5-8(11(13)17-9)10(16-15)6-1-3-7(14)4-2-6/h1-5,10,16H,15H2. The van der Waals surface area contributed by atoms with Crippen molar-refractivity contribution < 1.29 is 4.39 Å². The second-order valence-electron chi connectivity index (χ2n) is 3.43. The second kappa shape index (κ2) is 5.58. The summed E-state index contributed by atoms with van der Waals surface area (Å²) in [5.41, 5.74) is 4.68. The zero-order valence-electron chi connectivity index (χ0n) is 8.58. The summed E-state index contributed by atoms with van der Waals surface area (Å²) >= 11 is 8.49. The first-order valence-electron chi connectivity index (χ1n) is 4.78. The van der Waals surface area contributed by atoms with Crippen molar-refractivity contribution in [2.75, 3.05) is 0 Å². The summed E-state index contributed by atoms with van der Waals surface area (Å²) in [6.07, 6.45) is 0. The number of hydrazine groups is 1. The number of thiophene rings is 1. The number of nitrogens with one attached hydrogen (secondary N) is 1. The van der Waals surface area contributed by atoms with E-state index in [1.807, 2.05) is 6.07 Å². The minimum atomic E-state index is -0.255. The molecular weight excluding hydrogens is 371 g/mol. The Morgan fingerprint density at radius 3 is 2.35 bits per heavy atom. The van der Waals surface area contributed by atoms with Crippen molar-refractivity contribution >= 4 is 43.2 Å². The predicted molar refractivity (Wildman–Crippen MR) is 75.3 cm³/mol. The number of hydrogen-bond donors (Lipinski definition) is 2. The topological polar surface area (TPSA) is 38.0 Å². The zero-order valence-corrected chi connectivity index (χ0v) is 12.6. The number of benzene rings is 1. The lowest BCUT2D eigenvalue weighted by atomic mass is 10.0. The molecule has 90 valence electrons. The Kier molecular flexibility index (Phi) is 4.32. The molecule has 1 heterocycles. The van der Waals surface area contributed by atoms with Crippen LogP contribution in [0.5, 0.6) is 0 Å². The van der Waals surface area contributed by atoms with Crippen LogP contribution in [-0.2, 0) is 0 Å². The van der Waals surface area contributed by atoms with Crippen LogP contribution >= 0.6 is 43.2 Å². The molecule has 1 atom stereocenters. The fourth-order valence-electron chi connectivity index (χ4n) is 1.57. The molecule has 0 radical (unpaired) electrons. The van der Waals surface area contributed by atoms with Crippen molar-refractivity contribution in [3.8, 4) is 0 Å². The lowest BCUT2D eigenvalue weighted by Gasteiger charge is -2.15. The molecule has 2 rings (SSSR count). The average Bonchev–Trinajstić information content (AvgIpc) is 2.62. The van der Waals surface area contributed by atoms with Crippen LogP contribution in [0.4, 0.5) is 4.39 Å². The quantitative estimate of drug-likeness (QED) is 0.625. The number of halogens is 3. The normalized spacial score (nSPS) is 12.7. The first kappa shape index (κ1) is 13.2. The minimum absolute atomic E-state index is 0.160. The summed E-state index contributed by atoms with van der Waals surface area (Å²) in [5.74, 6) is 5.32. The Bertz CT molecular complexity index is 513. The predicted octanol–water partition coefficient (Wildman–Crippen LogP) is 3.96. The van der Waals surface area contributed by atoms with Gasteiger partial charge in [-0.1, -0.05) is 12.1 Å². The van der Waals surface area contributed by atoms with Crippen molar-refractivity contribution in [1.82, 2.24) is 5.43 Å². The Balaban J connectivity index is 2.39. The summed E-state index contributed by atoms with van der Waals surface area (Å²) in [4.78, 5) is 0. The van der Waals surface area contributed by atoms with Crippen molar-refractivity contribution in [3.63, 3.8) is 0 Å². The summed E-state index contributed by atoms with van der Waals surface area (Å²) < 4.78 is 14.9.